The van der Waals surface area contributed by atoms with Crippen LogP contribution in [0.3, 0.4) is 0 Å². The fourth-order valence-electron chi connectivity index (χ4n) is 1.52. The molecule has 0 aliphatic heterocycles. The van der Waals surface area contributed by atoms with Crippen LogP contribution in [0.4, 0.5) is 4.39 Å². The minimum absolute atomic E-state index is 0.251. The van der Waals surface area contributed by atoms with Gasteiger partial charge in [0.15, 0.2) is 0 Å². The number of hydrogen-bond donors (Lipinski definition) is 0. The van der Waals surface area contributed by atoms with Crippen molar-refractivity contribution in [3.8, 4) is 5.75 Å². The predicted molar refractivity (Wildman–Crippen MR) is 65.8 cm³/mol. The molecule has 0 fully saturated rings. The van der Waals surface area contributed by atoms with Crippen molar-refractivity contribution in [2.24, 2.45) is 0 Å². The first-order valence-corrected chi connectivity index (χ1v) is 6.14. The summed E-state index contributed by atoms with van der Waals surface area (Å²) >= 11 is 0. The Bertz CT molecular complexity index is 269. The molecule has 1 nitrogen and oxygen atoms in total. The van der Waals surface area contributed by atoms with Gasteiger partial charge in [0.25, 0.3) is 0 Å². The van der Waals surface area contributed by atoms with E-state index in [0.717, 1.165) is 18.6 Å². The quantitative estimate of drug-likeness (QED) is 0.602. The molecule has 1 aromatic carbocycles. The zero-order valence-electron chi connectivity index (χ0n) is 10.0. The fourth-order valence-corrected chi connectivity index (χ4v) is 1.52. The van der Waals surface area contributed by atoms with Gasteiger partial charge in [-0.25, -0.2) is 0 Å². The molecule has 0 aromatic heterocycles. The second-order valence-electron chi connectivity index (χ2n) is 3.99. The molecule has 0 unspecified atom stereocenters. The number of unbranched alkanes of at least 4 members (excludes halogenated alkanes) is 2. The predicted octanol–water partition coefficient (Wildman–Crippen LogP) is 4.16. The Labute approximate surface area is 97.6 Å². The molecule has 0 amide bonds. The Morgan fingerprint density at radius 2 is 1.81 bits per heavy atom. The summed E-state index contributed by atoms with van der Waals surface area (Å²) in [7, 11) is 0. The highest BCUT2D eigenvalue weighted by Crippen LogP contribution is 2.14. The lowest BCUT2D eigenvalue weighted by atomic mass is 10.1. The highest BCUT2D eigenvalue weighted by atomic mass is 19.1. The van der Waals surface area contributed by atoms with Gasteiger partial charge in [-0.05, 0) is 43.4 Å². The molecule has 0 saturated heterocycles. The largest absolute Gasteiger partial charge is 0.494 e. The van der Waals surface area contributed by atoms with E-state index in [1.165, 1.54) is 18.4 Å². The third kappa shape index (κ3) is 5.15. The maximum atomic E-state index is 11.8. The number of ether oxygens (including phenoxy) is 1. The topological polar surface area (TPSA) is 9.23 Å². The summed E-state index contributed by atoms with van der Waals surface area (Å²) in [5, 5.41) is 0. The molecular weight excluding hydrogens is 203 g/mol. The first kappa shape index (κ1) is 13.0. The molecule has 0 atom stereocenters. The van der Waals surface area contributed by atoms with E-state index in [-0.39, 0.29) is 6.67 Å². The molecule has 0 saturated carbocycles. The van der Waals surface area contributed by atoms with E-state index >= 15 is 0 Å². The Morgan fingerprint density at radius 3 is 2.44 bits per heavy atom. The lowest BCUT2D eigenvalue weighted by molar-refractivity contribution is 0.297. The SMILES string of the molecule is CCCCc1ccc(OCCCCF)cc1. The van der Waals surface area contributed by atoms with Gasteiger partial charge in [-0.1, -0.05) is 25.5 Å². The van der Waals surface area contributed by atoms with Crippen molar-refractivity contribution in [1.82, 2.24) is 0 Å². The van der Waals surface area contributed by atoms with Crippen LogP contribution in [0.5, 0.6) is 5.75 Å². The molecule has 1 rings (SSSR count). The molecule has 0 aliphatic rings. The van der Waals surface area contributed by atoms with Crippen LogP contribution in [0.15, 0.2) is 24.3 Å². The minimum atomic E-state index is -0.251. The van der Waals surface area contributed by atoms with E-state index in [9.17, 15) is 4.39 Å². The third-order valence-corrected chi connectivity index (χ3v) is 2.54. The average Bonchev–Trinajstić information content (AvgIpc) is 2.33. The first-order valence-electron chi connectivity index (χ1n) is 6.14. The standard InChI is InChI=1S/C14H21FO/c1-2-3-6-13-7-9-14(10-8-13)16-12-5-4-11-15/h7-10H,2-6,11-12H2,1H3. The van der Waals surface area contributed by atoms with Crippen LogP contribution in [-0.2, 0) is 6.42 Å². The second-order valence-corrected chi connectivity index (χ2v) is 3.99. The van der Waals surface area contributed by atoms with Gasteiger partial charge >= 0.3 is 0 Å². The number of rotatable bonds is 8. The highest BCUT2D eigenvalue weighted by molar-refractivity contribution is 5.27. The average molecular weight is 224 g/mol. The van der Waals surface area contributed by atoms with E-state index < -0.39 is 0 Å². The van der Waals surface area contributed by atoms with Crippen molar-refractivity contribution in [2.45, 2.75) is 39.0 Å². The zero-order chi connectivity index (χ0) is 11.6. The number of halogens is 1. The Morgan fingerprint density at radius 1 is 1.06 bits per heavy atom. The number of aryl methyl sites for hydroxylation is 1. The van der Waals surface area contributed by atoms with Gasteiger partial charge in [0.2, 0.25) is 0 Å². The molecule has 0 heterocycles. The second kappa shape index (κ2) is 8.14. The van der Waals surface area contributed by atoms with Gasteiger partial charge in [-0.2, -0.15) is 0 Å². The van der Waals surface area contributed by atoms with Crippen LogP contribution in [0, 0.1) is 0 Å². The lowest BCUT2D eigenvalue weighted by Crippen LogP contribution is -1.97. The van der Waals surface area contributed by atoms with Gasteiger partial charge in [-0.15, -0.1) is 0 Å². The van der Waals surface area contributed by atoms with Crippen LogP contribution >= 0.6 is 0 Å². The maximum Gasteiger partial charge on any atom is 0.119 e. The van der Waals surface area contributed by atoms with Crippen molar-refractivity contribution in [2.75, 3.05) is 13.3 Å². The van der Waals surface area contributed by atoms with Crippen LogP contribution in [0.25, 0.3) is 0 Å². The summed E-state index contributed by atoms with van der Waals surface area (Å²) in [4.78, 5) is 0. The van der Waals surface area contributed by atoms with Crippen molar-refractivity contribution < 1.29 is 9.13 Å². The Kier molecular flexibility index (Phi) is 6.62. The van der Waals surface area contributed by atoms with Gasteiger partial charge in [0.05, 0.1) is 13.3 Å². The van der Waals surface area contributed by atoms with Gasteiger partial charge in [-0.3, -0.25) is 4.39 Å². The van der Waals surface area contributed by atoms with E-state index in [1.807, 2.05) is 12.1 Å². The lowest BCUT2D eigenvalue weighted by Gasteiger charge is -2.06. The summed E-state index contributed by atoms with van der Waals surface area (Å²) in [6, 6.07) is 8.22. The molecule has 0 spiro atoms. The number of alkyl halides is 1. The van der Waals surface area contributed by atoms with Gasteiger partial charge in [0, 0.05) is 0 Å². The zero-order valence-corrected chi connectivity index (χ0v) is 10.0. The van der Waals surface area contributed by atoms with Crippen molar-refractivity contribution in [3.05, 3.63) is 29.8 Å². The van der Waals surface area contributed by atoms with Crippen LogP contribution in [0.1, 0.15) is 38.2 Å². The summed E-state index contributed by atoms with van der Waals surface area (Å²) < 4.78 is 17.3. The Balaban J connectivity index is 2.27. The van der Waals surface area contributed by atoms with Crippen molar-refractivity contribution >= 4 is 0 Å². The summed E-state index contributed by atoms with van der Waals surface area (Å²) in [6.45, 7) is 2.56. The molecule has 0 aliphatic carbocycles. The molecule has 2 heteroatoms. The number of benzene rings is 1. The summed E-state index contributed by atoms with van der Waals surface area (Å²) in [5.41, 5.74) is 1.36. The molecular formula is C14H21FO. The first-order chi connectivity index (χ1) is 7.86. The smallest absolute Gasteiger partial charge is 0.119 e. The van der Waals surface area contributed by atoms with Crippen LogP contribution in [-0.4, -0.2) is 13.3 Å². The van der Waals surface area contributed by atoms with E-state index in [1.54, 1.807) is 0 Å². The van der Waals surface area contributed by atoms with Crippen molar-refractivity contribution in [3.63, 3.8) is 0 Å². The van der Waals surface area contributed by atoms with E-state index in [4.69, 9.17) is 4.74 Å². The normalized spacial score (nSPS) is 10.4. The summed E-state index contributed by atoms with van der Waals surface area (Å²) in [5.74, 6) is 0.888. The minimum Gasteiger partial charge on any atom is -0.494 e. The van der Waals surface area contributed by atoms with Crippen molar-refractivity contribution in [1.29, 1.82) is 0 Å². The molecule has 1 aromatic rings. The molecule has 0 N–H and O–H groups in total. The van der Waals surface area contributed by atoms with E-state index in [2.05, 4.69) is 19.1 Å². The number of hydrogen-bond acceptors (Lipinski definition) is 1. The highest BCUT2D eigenvalue weighted by Gasteiger charge is 1.95. The Hall–Kier alpha value is -1.05. The monoisotopic (exact) mass is 224 g/mol. The van der Waals surface area contributed by atoms with Crippen LogP contribution < -0.4 is 4.74 Å². The van der Waals surface area contributed by atoms with E-state index in [0.29, 0.717) is 13.0 Å². The molecule has 0 bridgehead atoms. The fraction of sp³-hybridized carbons (Fsp3) is 0.571. The molecule has 16 heavy (non-hydrogen) atoms. The van der Waals surface area contributed by atoms with Gasteiger partial charge in [0.1, 0.15) is 5.75 Å². The van der Waals surface area contributed by atoms with Crippen LogP contribution in [0.2, 0.25) is 0 Å². The summed E-state index contributed by atoms with van der Waals surface area (Å²) in [6.07, 6.45) is 4.97. The maximum absolute atomic E-state index is 11.8. The third-order valence-electron chi connectivity index (χ3n) is 2.54. The molecule has 90 valence electrons. The van der Waals surface area contributed by atoms with Gasteiger partial charge < -0.3 is 4.74 Å². The molecule has 0 radical (unpaired) electrons.